The average molecular weight is 258 g/mol. The van der Waals surface area contributed by atoms with Crippen molar-refractivity contribution in [3.8, 4) is 17.2 Å². The van der Waals surface area contributed by atoms with Crippen LogP contribution in [0.3, 0.4) is 0 Å². The maximum atomic E-state index is 5.70. The Hall–Kier alpha value is -2.16. The minimum absolute atomic E-state index is 0.503. The summed E-state index contributed by atoms with van der Waals surface area (Å²) in [5.74, 6) is 2.48. The smallest absolute Gasteiger partial charge is 0.126 e. The molecule has 0 radical (unpaired) electrons. The summed E-state index contributed by atoms with van der Waals surface area (Å²) >= 11 is 0. The maximum absolute atomic E-state index is 5.70. The molecule has 0 saturated heterocycles. The summed E-state index contributed by atoms with van der Waals surface area (Å²) in [7, 11) is 1.65. The second kappa shape index (κ2) is 6.69. The predicted octanol–water partition coefficient (Wildman–Crippen LogP) is 3.46. The normalized spacial score (nSPS) is 10.0. The molecule has 2 aromatic carbocycles. The fourth-order valence-electron chi connectivity index (χ4n) is 1.69. The van der Waals surface area contributed by atoms with Gasteiger partial charge in [-0.3, -0.25) is 0 Å². The van der Waals surface area contributed by atoms with Gasteiger partial charge in [-0.05, 0) is 30.7 Å². The molecule has 19 heavy (non-hydrogen) atoms. The van der Waals surface area contributed by atoms with E-state index >= 15 is 0 Å². The molecule has 0 bridgehead atoms. The van der Waals surface area contributed by atoms with Crippen LogP contribution in [0.2, 0.25) is 0 Å². The fourth-order valence-corrected chi connectivity index (χ4v) is 1.69. The lowest BCUT2D eigenvalue weighted by atomic mass is 10.2. The highest BCUT2D eigenvalue weighted by Crippen LogP contribution is 2.23. The van der Waals surface area contributed by atoms with Crippen LogP contribution in [0.4, 0.5) is 0 Å². The van der Waals surface area contributed by atoms with E-state index in [1.54, 1.807) is 7.11 Å². The van der Waals surface area contributed by atoms with Crippen molar-refractivity contribution in [1.82, 2.24) is 0 Å². The van der Waals surface area contributed by atoms with E-state index in [-0.39, 0.29) is 0 Å². The van der Waals surface area contributed by atoms with Crippen LogP contribution in [0, 0.1) is 6.92 Å². The summed E-state index contributed by atoms with van der Waals surface area (Å²) in [5.41, 5.74) is 1.08. The third-order valence-corrected chi connectivity index (χ3v) is 2.75. The minimum Gasteiger partial charge on any atom is -0.497 e. The Labute approximate surface area is 113 Å². The first-order valence-electron chi connectivity index (χ1n) is 6.25. The van der Waals surface area contributed by atoms with Gasteiger partial charge < -0.3 is 14.2 Å². The molecule has 100 valence electrons. The van der Waals surface area contributed by atoms with Gasteiger partial charge in [-0.2, -0.15) is 0 Å². The average Bonchev–Trinajstić information content (AvgIpc) is 2.46. The molecule has 0 N–H and O–H groups in total. The lowest BCUT2D eigenvalue weighted by Gasteiger charge is -2.11. The van der Waals surface area contributed by atoms with Crippen LogP contribution in [-0.2, 0) is 0 Å². The van der Waals surface area contributed by atoms with Crippen molar-refractivity contribution in [3.05, 3.63) is 54.1 Å². The SMILES string of the molecule is COc1ccc(C)c(OCCOc2ccccc2)c1. The molecule has 0 heterocycles. The van der Waals surface area contributed by atoms with Gasteiger partial charge in [-0.15, -0.1) is 0 Å². The van der Waals surface area contributed by atoms with Crippen LogP contribution in [-0.4, -0.2) is 20.3 Å². The third-order valence-electron chi connectivity index (χ3n) is 2.75. The highest BCUT2D eigenvalue weighted by atomic mass is 16.5. The molecule has 3 heteroatoms. The van der Waals surface area contributed by atoms with Gasteiger partial charge in [0, 0.05) is 6.07 Å². The van der Waals surface area contributed by atoms with E-state index in [1.807, 2.05) is 55.5 Å². The molecule has 2 aromatic rings. The molecule has 0 aliphatic rings. The van der Waals surface area contributed by atoms with Gasteiger partial charge in [0.2, 0.25) is 0 Å². The van der Waals surface area contributed by atoms with Gasteiger partial charge in [0.15, 0.2) is 0 Å². The predicted molar refractivity (Wildman–Crippen MR) is 75.2 cm³/mol. The number of rotatable bonds is 6. The van der Waals surface area contributed by atoms with Crippen molar-refractivity contribution in [3.63, 3.8) is 0 Å². The standard InChI is InChI=1S/C16H18O3/c1-13-8-9-15(17-2)12-16(13)19-11-10-18-14-6-4-3-5-7-14/h3-9,12H,10-11H2,1-2H3. The number of benzene rings is 2. The highest BCUT2D eigenvalue weighted by Gasteiger charge is 2.02. The molecular formula is C16H18O3. The second-order valence-electron chi connectivity index (χ2n) is 4.14. The Kier molecular flexibility index (Phi) is 4.67. The minimum atomic E-state index is 0.503. The van der Waals surface area contributed by atoms with E-state index in [0.717, 1.165) is 22.8 Å². The van der Waals surface area contributed by atoms with Crippen molar-refractivity contribution in [1.29, 1.82) is 0 Å². The molecular weight excluding hydrogens is 240 g/mol. The number of ether oxygens (including phenoxy) is 3. The first-order chi connectivity index (χ1) is 9.29. The van der Waals surface area contributed by atoms with Gasteiger partial charge in [0.1, 0.15) is 30.5 Å². The lowest BCUT2D eigenvalue weighted by molar-refractivity contribution is 0.216. The van der Waals surface area contributed by atoms with Crippen LogP contribution >= 0.6 is 0 Å². The number of aryl methyl sites for hydroxylation is 1. The van der Waals surface area contributed by atoms with Crippen LogP contribution in [0.25, 0.3) is 0 Å². The number of hydrogen-bond acceptors (Lipinski definition) is 3. The summed E-state index contributed by atoms with van der Waals surface area (Å²) in [4.78, 5) is 0. The second-order valence-corrected chi connectivity index (χ2v) is 4.14. The summed E-state index contributed by atoms with van der Waals surface area (Å²) < 4.78 is 16.4. The van der Waals surface area contributed by atoms with Gasteiger partial charge >= 0.3 is 0 Å². The zero-order chi connectivity index (χ0) is 13.5. The first-order valence-corrected chi connectivity index (χ1v) is 6.25. The quantitative estimate of drug-likeness (QED) is 0.743. The van der Waals surface area contributed by atoms with E-state index in [9.17, 15) is 0 Å². The van der Waals surface area contributed by atoms with Gasteiger partial charge in [0.25, 0.3) is 0 Å². The van der Waals surface area contributed by atoms with E-state index in [4.69, 9.17) is 14.2 Å². The van der Waals surface area contributed by atoms with Crippen LogP contribution < -0.4 is 14.2 Å². The van der Waals surface area contributed by atoms with Crippen molar-refractivity contribution in [2.45, 2.75) is 6.92 Å². The van der Waals surface area contributed by atoms with Gasteiger partial charge in [0.05, 0.1) is 7.11 Å². The van der Waals surface area contributed by atoms with Crippen molar-refractivity contribution in [2.24, 2.45) is 0 Å². The summed E-state index contributed by atoms with van der Waals surface area (Å²) in [5, 5.41) is 0. The molecule has 0 aromatic heterocycles. The number of para-hydroxylation sites is 1. The fraction of sp³-hybridized carbons (Fsp3) is 0.250. The summed E-state index contributed by atoms with van der Waals surface area (Å²) in [6.45, 7) is 3.02. The Morgan fingerprint density at radius 1 is 0.842 bits per heavy atom. The maximum Gasteiger partial charge on any atom is 0.126 e. The molecule has 0 saturated carbocycles. The van der Waals surface area contributed by atoms with E-state index in [2.05, 4.69) is 0 Å². The number of hydrogen-bond donors (Lipinski definition) is 0. The third kappa shape index (κ3) is 3.91. The monoisotopic (exact) mass is 258 g/mol. The van der Waals surface area contributed by atoms with Crippen molar-refractivity contribution in [2.75, 3.05) is 20.3 Å². The highest BCUT2D eigenvalue weighted by molar-refractivity contribution is 5.39. The lowest BCUT2D eigenvalue weighted by Crippen LogP contribution is -2.09. The topological polar surface area (TPSA) is 27.7 Å². The molecule has 3 nitrogen and oxygen atoms in total. The molecule has 0 amide bonds. The first kappa shape index (κ1) is 13.3. The van der Waals surface area contributed by atoms with Crippen LogP contribution in [0.1, 0.15) is 5.56 Å². The molecule has 0 spiro atoms. The van der Waals surface area contributed by atoms with Crippen LogP contribution in [0.15, 0.2) is 48.5 Å². The molecule has 2 rings (SSSR count). The molecule has 0 aliphatic carbocycles. The van der Waals surface area contributed by atoms with Crippen LogP contribution in [0.5, 0.6) is 17.2 Å². The van der Waals surface area contributed by atoms with Gasteiger partial charge in [-0.1, -0.05) is 24.3 Å². The Morgan fingerprint density at radius 2 is 1.58 bits per heavy atom. The molecule has 0 unspecified atom stereocenters. The molecule has 0 aliphatic heterocycles. The molecule has 0 fully saturated rings. The number of methoxy groups -OCH3 is 1. The summed E-state index contributed by atoms with van der Waals surface area (Å²) in [6.07, 6.45) is 0. The van der Waals surface area contributed by atoms with E-state index in [1.165, 1.54) is 0 Å². The Balaban J connectivity index is 1.82. The van der Waals surface area contributed by atoms with Crippen molar-refractivity contribution >= 4 is 0 Å². The molecule has 0 atom stereocenters. The Morgan fingerprint density at radius 3 is 2.32 bits per heavy atom. The summed E-state index contributed by atoms with van der Waals surface area (Å²) in [6, 6.07) is 15.5. The zero-order valence-corrected chi connectivity index (χ0v) is 11.3. The zero-order valence-electron chi connectivity index (χ0n) is 11.3. The van der Waals surface area contributed by atoms with E-state index in [0.29, 0.717) is 13.2 Å². The van der Waals surface area contributed by atoms with Gasteiger partial charge in [-0.25, -0.2) is 0 Å². The largest absolute Gasteiger partial charge is 0.497 e. The van der Waals surface area contributed by atoms with E-state index < -0.39 is 0 Å². The van der Waals surface area contributed by atoms with Crippen molar-refractivity contribution < 1.29 is 14.2 Å². The Bertz CT molecular complexity index is 509.